The zero-order valence-corrected chi connectivity index (χ0v) is 8.41. The molecule has 0 unspecified atom stereocenters. The van der Waals surface area contributed by atoms with Gasteiger partial charge in [0.1, 0.15) is 0 Å². The third-order valence-corrected chi connectivity index (χ3v) is 6.09. The van der Waals surface area contributed by atoms with E-state index in [0.29, 0.717) is 0 Å². The Hall–Kier alpha value is 0.147. The minimum Gasteiger partial charge on any atom is -0.314 e. The molecule has 0 saturated carbocycles. The SMILES string of the molecule is CCC[Si](F)(CC)CCC. The van der Waals surface area contributed by atoms with E-state index >= 15 is 0 Å². The van der Waals surface area contributed by atoms with Crippen LogP contribution in [0.5, 0.6) is 0 Å². The summed E-state index contributed by atoms with van der Waals surface area (Å²) in [6, 6.07) is 2.56. The Labute approximate surface area is 65.0 Å². The smallest absolute Gasteiger partial charge is 0.246 e. The van der Waals surface area contributed by atoms with Crippen LogP contribution in [0.2, 0.25) is 18.1 Å². The average molecular weight is 162 g/mol. The van der Waals surface area contributed by atoms with Crippen molar-refractivity contribution in [3.63, 3.8) is 0 Å². The van der Waals surface area contributed by atoms with Crippen molar-refractivity contribution >= 4 is 8.41 Å². The average Bonchev–Trinajstić information content (AvgIpc) is 1.89. The third-order valence-electron chi connectivity index (χ3n) is 2.03. The Morgan fingerprint density at radius 1 is 1.00 bits per heavy atom. The van der Waals surface area contributed by atoms with Gasteiger partial charge in [-0.3, -0.25) is 0 Å². The Morgan fingerprint density at radius 3 is 1.60 bits per heavy atom. The number of rotatable bonds is 5. The van der Waals surface area contributed by atoms with Crippen LogP contribution < -0.4 is 0 Å². The summed E-state index contributed by atoms with van der Waals surface area (Å²) in [7, 11) is -2.22. The Morgan fingerprint density at radius 2 is 1.40 bits per heavy atom. The minimum absolute atomic E-state index is 0.814. The first kappa shape index (κ1) is 10.1. The largest absolute Gasteiger partial charge is 0.314 e. The summed E-state index contributed by atoms with van der Waals surface area (Å²) in [6.45, 7) is 6.15. The molecule has 0 radical (unpaired) electrons. The van der Waals surface area contributed by atoms with Gasteiger partial charge in [0.15, 0.2) is 0 Å². The summed E-state index contributed by atoms with van der Waals surface area (Å²) in [5.74, 6) is 0. The molecule has 0 spiro atoms. The van der Waals surface area contributed by atoms with E-state index in [1.807, 2.05) is 6.92 Å². The molecule has 0 rings (SSSR count). The summed E-state index contributed by atoms with van der Waals surface area (Å²) in [5, 5.41) is 0. The van der Waals surface area contributed by atoms with Gasteiger partial charge in [-0.05, 0) is 18.1 Å². The highest BCUT2D eigenvalue weighted by Gasteiger charge is 2.28. The van der Waals surface area contributed by atoms with Crippen LogP contribution in [-0.4, -0.2) is 8.41 Å². The van der Waals surface area contributed by atoms with E-state index in [4.69, 9.17) is 0 Å². The van der Waals surface area contributed by atoms with Crippen LogP contribution in [0.1, 0.15) is 33.6 Å². The number of hydrogen-bond acceptors (Lipinski definition) is 0. The molecule has 0 atom stereocenters. The van der Waals surface area contributed by atoms with Gasteiger partial charge < -0.3 is 4.11 Å². The fourth-order valence-corrected chi connectivity index (χ4v) is 4.12. The second kappa shape index (κ2) is 4.89. The Kier molecular flexibility index (Phi) is 4.96. The molecule has 0 aliphatic rings. The fraction of sp³-hybridized carbons (Fsp3) is 1.00. The fourth-order valence-electron chi connectivity index (χ4n) is 1.37. The highest BCUT2D eigenvalue weighted by Crippen LogP contribution is 2.24. The van der Waals surface area contributed by atoms with Crippen molar-refractivity contribution in [1.82, 2.24) is 0 Å². The molecule has 0 fully saturated rings. The first-order valence-corrected chi connectivity index (χ1v) is 6.87. The van der Waals surface area contributed by atoms with Gasteiger partial charge in [-0.2, -0.15) is 0 Å². The molecular formula is C8H19FSi. The van der Waals surface area contributed by atoms with Crippen molar-refractivity contribution in [3.05, 3.63) is 0 Å². The van der Waals surface area contributed by atoms with E-state index in [1.54, 1.807) is 0 Å². The lowest BCUT2D eigenvalue weighted by molar-refractivity contribution is 0.723. The maximum Gasteiger partial charge on any atom is 0.246 e. The van der Waals surface area contributed by atoms with Crippen molar-refractivity contribution < 1.29 is 4.11 Å². The highest BCUT2D eigenvalue weighted by atomic mass is 28.4. The predicted octanol–water partition coefficient (Wildman–Crippen LogP) is 3.74. The predicted molar refractivity (Wildman–Crippen MR) is 47.5 cm³/mol. The van der Waals surface area contributed by atoms with Gasteiger partial charge in [0.25, 0.3) is 0 Å². The molecular weight excluding hydrogens is 143 g/mol. The summed E-state index contributed by atoms with van der Waals surface area (Å²) in [6.07, 6.45) is 2.05. The van der Waals surface area contributed by atoms with E-state index in [-0.39, 0.29) is 0 Å². The molecule has 0 aromatic heterocycles. The van der Waals surface area contributed by atoms with Crippen LogP contribution in [0.25, 0.3) is 0 Å². The van der Waals surface area contributed by atoms with Crippen molar-refractivity contribution in [3.8, 4) is 0 Å². The lowest BCUT2D eigenvalue weighted by Crippen LogP contribution is -2.26. The number of hydrogen-bond donors (Lipinski definition) is 0. The lowest BCUT2D eigenvalue weighted by Gasteiger charge is -2.18. The van der Waals surface area contributed by atoms with Crippen molar-refractivity contribution in [2.45, 2.75) is 51.7 Å². The first-order valence-electron chi connectivity index (χ1n) is 4.37. The monoisotopic (exact) mass is 162 g/mol. The van der Waals surface area contributed by atoms with Crippen molar-refractivity contribution in [2.75, 3.05) is 0 Å². The molecule has 0 saturated heterocycles. The van der Waals surface area contributed by atoms with E-state index in [0.717, 1.165) is 31.0 Å². The van der Waals surface area contributed by atoms with Crippen LogP contribution in [0.15, 0.2) is 0 Å². The summed E-state index contributed by atoms with van der Waals surface area (Å²) in [5.41, 5.74) is 0. The third kappa shape index (κ3) is 3.35. The van der Waals surface area contributed by atoms with E-state index in [2.05, 4.69) is 13.8 Å². The Balaban J connectivity index is 3.69. The van der Waals surface area contributed by atoms with Crippen LogP contribution in [0, 0.1) is 0 Å². The maximum atomic E-state index is 13.7. The summed E-state index contributed by atoms with van der Waals surface area (Å²) >= 11 is 0. The molecule has 0 N–H and O–H groups in total. The van der Waals surface area contributed by atoms with Gasteiger partial charge >= 0.3 is 0 Å². The molecule has 0 nitrogen and oxygen atoms in total. The molecule has 0 aromatic carbocycles. The van der Waals surface area contributed by atoms with Gasteiger partial charge in [0, 0.05) is 0 Å². The van der Waals surface area contributed by atoms with Crippen LogP contribution >= 0.6 is 0 Å². The molecule has 0 amide bonds. The molecule has 0 aromatic rings. The number of halogens is 1. The molecule has 0 aliphatic carbocycles. The van der Waals surface area contributed by atoms with Crippen LogP contribution in [0.4, 0.5) is 4.11 Å². The quantitative estimate of drug-likeness (QED) is 0.427. The van der Waals surface area contributed by atoms with E-state index in [9.17, 15) is 4.11 Å². The van der Waals surface area contributed by atoms with Gasteiger partial charge in [0.05, 0.1) is 0 Å². The molecule has 0 aliphatic heterocycles. The second-order valence-corrected chi connectivity index (χ2v) is 7.01. The van der Waals surface area contributed by atoms with E-state index < -0.39 is 8.41 Å². The standard InChI is InChI=1S/C8H19FSi/c1-4-7-10(9,6-3)8-5-2/h4-8H2,1-3H3. The van der Waals surface area contributed by atoms with Gasteiger partial charge in [-0.15, -0.1) is 0 Å². The van der Waals surface area contributed by atoms with Crippen molar-refractivity contribution in [1.29, 1.82) is 0 Å². The summed E-state index contributed by atoms with van der Waals surface area (Å²) in [4.78, 5) is 0. The minimum atomic E-state index is -2.22. The second-order valence-electron chi connectivity index (χ2n) is 3.00. The molecule has 0 heterocycles. The van der Waals surface area contributed by atoms with Gasteiger partial charge in [-0.25, -0.2) is 0 Å². The van der Waals surface area contributed by atoms with E-state index in [1.165, 1.54) is 0 Å². The van der Waals surface area contributed by atoms with Gasteiger partial charge in [0.2, 0.25) is 8.41 Å². The topological polar surface area (TPSA) is 0 Å². The molecule has 10 heavy (non-hydrogen) atoms. The highest BCUT2D eigenvalue weighted by molar-refractivity contribution is 6.73. The molecule has 2 heteroatoms. The normalized spacial score (nSPS) is 12.0. The molecule has 62 valence electrons. The summed E-state index contributed by atoms with van der Waals surface area (Å²) < 4.78 is 13.7. The molecule has 0 bridgehead atoms. The van der Waals surface area contributed by atoms with Crippen molar-refractivity contribution in [2.24, 2.45) is 0 Å². The van der Waals surface area contributed by atoms with Gasteiger partial charge in [-0.1, -0.05) is 33.6 Å². The first-order chi connectivity index (χ1) is 4.68. The maximum absolute atomic E-state index is 13.7. The lowest BCUT2D eigenvalue weighted by atomic mass is 10.6. The zero-order valence-electron chi connectivity index (χ0n) is 7.41. The van der Waals surface area contributed by atoms with Crippen LogP contribution in [0.3, 0.4) is 0 Å². The zero-order chi connectivity index (χ0) is 8.04. The van der Waals surface area contributed by atoms with Crippen LogP contribution in [-0.2, 0) is 0 Å². The Bertz CT molecular complexity index is 77.3.